The van der Waals surface area contributed by atoms with E-state index in [2.05, 4.69) is 19.2 Å². The molecular weight excluding hydrogens is 342 g/mol. The molecule has 6 nitrogen and oxygen atoms in total. The average molecular weight is 371 g/mol. The summed E-state index contributed by atoms with van der Waals surface area (Å²) < 4.78 is 0. The summed E-state index contributed by atoms with van der Waals surface area (Å²) in [5.41, 5.74) is 2.29. The fraction of sp³-hybridized carbons (Fsp3) is 0.571. The molecule has 2 aliphatic rings. The number of benzene rings is 1. The number of nitrogens with zero attached hydrogens (tertiary/aromatic N) is 2. The standard InChI is InChI=1S/C21H29N3O3/c1-15(2)13-22-19(25)10-4-3-7-11-23-20(26)18-12-16-8-5-6-9-17(16)14-24(18)21(23)27/h5-6,8-9,15,18H,3-4,7,10-14H2,1-2H3,(H,22,25)/t18-/m0/s1. The lowest BCUT2D eigenvalue weighted by Crippen LogP contribution is -2.39. The van der Waals surface area contributed by atoms with Gasteiger partial charge < -0.3 is 10.2 Å². The summed E-state index contributed by atoms with van der Waals surface area (Å²) in [6.07, 6.45) is 3.45. The maximum Gasteiger partial charge on any atom is 0.327 e. The minimum atomic E-state index is -0.353. The predicted molar refractivity (Wildman–Crippen MR) is 103 cm³/mol. The highest BCUT2D eigenvalue weighted by Gasteiger charge is 2.46. The van der Waals surface area contributed by atoms with Gasteiger partial charge in [-0.1, -0.05) is 44.5 Å². The fourth-order valence-corrected chi connectivity index (χ4v) is 3.72. The zero-order chi connectivity index (χ0) is 19.4. The lowest BCUT2D eigenvalue weighted by molar-refractivity contribution is -0.128. The first kappa shape index (κ1) is 19.4. The molecule has 3 rings (SSSR count). The summed E-state index contributed by atoms with van der Waals surface area (Å²) in [5.74, 6) is 0.446. The Balaban J connectivity index is 1.44. The molecule has 0 unspecified atom stereocenters. The molecule has 0 bridgehead atoms. The lowest BCUT2D eigenvalue weighted by atomic mass is 9.95. The van der Waals surface area contributed by atoms with Crippen LogP contribution in [0.2, 0.25) is 0 Å². The zero-order valence-electron chi connectivity index (χ0n) is 16.2. The van der Waals surface area contributed by atoms with Crippen LogP contribution in [0.5, 0.6) is 0 Å². The molecular formula is C21H29N3O3. The number of fused-ring (bicyclic) bond motifs is 2. The van der Waals surface area contributed by atoms with E-state index >= 15 is 0 Å². The summed E-state index contributed by atoms with van der Waals surface area (Å²) in [6.45, 7) is 5.79. The van der Waals surface area contributed by atoms with Gasteiger partial charge in [-0.3, -0.25) is 14.5 Å². The largest absolute Gasteiger partial charge is 0.356 e. The van der Waals surface area contributed by atoms with E-state index < -0.39 is 0 Å². The minimum absolute atomic E-state index is 0.0759. The van der Waals surface area contributed by atoms with Crippen LogP contribution in [-0.2, 0) is 22.6 Å². The number of unbranched alkanes of at least 4 members (excludes halogenated alkanes) is 2. The number of amides is 4. The number of urea groups is 1. The zero-order valence-corrected chi connectivity index (χ0v) is 16.2. The topological polar surface area (TPSA) is 69.7 Å². The van der Waals surface area contributed by atoms with Crippen LogP contribution in [0.15, 0.2) is 24.3 Å². The third kappa shape index (κ3) is 4.49. The van der Waals surface area contributed by atoms with Crippen molar-refractivity contribution in [3.05, 3.63) is 35.4 Å². The van der Waals surface area contributed by atoms with Gasteiger partial charge in [-0.25, -0.2) is 4.79 Å². The molecule has 27 heavy (non-hydrogen) atoms. The van der Waals surface area contributed by atoms with E-state index in [4.69, 9.17) is 0 Å². The molecule has 1 aromatic rings. The van der Waals surface area contributed by atoms with Crippen molar-refractivity contribution in [2.24, 2.45) is 5.92 Å². The number of hydrogen-bond acceptors (Lipinski definition) is 3. The lowest BCUT2D eigenvalue weighted by Gasteiger charge is -2.28. The molecule has 1 saturated heterocycles. The van der Waals surface area contributed by atoms with Crippen molar-refractivity contribution in [3.63, 3.8) is 0 Å². The second-order valence-corrected chi connectivity index (χ2v) is 7.90. The number of imide groups is 1. The molecule has 6 heteroatoms. The molecule has 0 aromatic heterocycles. The van der Waals surface area contributed by atoms with Crippen LogP contribution in [-0.4, -0.2) is 46.8 Å². The molecule has 0 spiro atoms. The van der Waals surface area contributed by atoms with Gasteiger partial charge in [-0.2, -0.15) is 0 Å². The van der Waals surface area contributed by atoms with E-state index in [1.54, 1.807) is 4.90 Å². The Labute approximate surface area is 160 Å². The van der Waals surface area contributed by atoms with Crippen LogP contribution in [0.25, 0.3) is 0 Å². The van der Waals surface area contributed by atoms with Crippen molar-refractivity contribution in [1.82, 2.24) is 15.1 Å². The number of hydrogen-bond donors (Lipinski definition) is 1. The Hall–Kier alpha value is -2.37. The first-order chi connectivity index (χ1) is 13.0. The highest BCUT2D eigenvalue weighted by molar-refractivity contribution is 6.04. The number of carbonyl (C=O) groups is 3. The van der Waals surface area contributed by atoms with Gasteiger partial charge in [0, 0.05) is 32.5 Å². The Morgan fingerprint density at radius 3 is 2.63 bits per heavy atom. The van der Waals surface area contributed by atoms with E-state index in [1.807, 2.05) is 24.3 Å². The Bertz CT molecular complexity index is 673. The van der Waals surface area contributed by atoms with Gasteiger partial charge in [0.2, 0.25) is 5.91 Å². The van der Waals surface area contributed by atoms with Gasteiger partial charge in [0.1, 0.15) is 6.04 Å². The minimum Gasteiger partial charge on any atom is -0.356 e. The molecule has 2 heterocycles. The fourth-order valence-electron chi connectivity index (χ4n) is 3.72. The molecule has 2 aliphatic heterocycles. The molecule has 4 amide bonds. The van der Waals surface area contributed by atoms with Crippen LogP contribution in [0.3, 0.4) is 0 Å². The SMILES string of the molecule is CC(C)CNC(=O)CCCCCN1C(=O)[C@@H]2Cc3ccccc3CN2C1=O. The summed E-state index contributed by atoms with van der Waals surface area (Å²) in [6, 6.07) is 7.48. The average Bonchev–Trinajstić information content (AvgIpc) is 2.88. The third-order valence-corrected chi connectivity index (χ3v) is 5.27. The maximum absolute atomic E-state index is 12.7. The maximum atomic E-state index is 12.7. The molecule has 1 aromatic carbocycles. The molecule has 0 aliphatic carbocycles. The quantitative estimate of drug-likeness (QED) is 0.564. The third-order valence-electron chi connectivity index (χ3n) is 5.27. The van der Waals surface area contributed by atoms with Gasteiger partial charge in [0.25, 0.3) is 5.91 Å². The normalized spacial score (nSPS) is 18.7. The summed E-state index contributed by atoms with van der Waals surface area (Å²) in [7, 11) is 0. The van der Waals surface area contributed by atoms with Crippen LogP contribution in [0.4, 0.5) is 4.79 Å². The molecule has 1 atom stereocenters. The smallest absolute Gasteiger partial charge is 0.327 e. The molecule has 1 N–H and O–H groups in total. The van der Waals surface area contributed by atoms with Crippen molar-refractivity contribution in [3.8, 4) is 0 Å². The highest BCUT2D eigenvalue weighted by Crippen LogP contribution is 2.30. The molecule has 146 valence electrons. The molecule has 1 fully saturated rings. The van der Waals surface area contributed by atoms with E-state index in [0.717, 1.165) is 30.4 Å². The van der Waals surface area contributed by atoms with Crippen molar-refractivity contribution in [1.29, 1.82) is 0 Å². The first-order valence-corrected chi connectivity index (χ1v) is 9.93. The van der Waals surface area contributed by atoms with Crippen LogP contribution in [0.1, 0.15) is 50.7 Å². The van der Waals surface area contributed by atoms with Crippen LogP contribution in [0, 0.1) is 5.92 Å². The van der Waals surface area contributed by atoms with Gasteiger partial charge >= 0.3 is 6.03 Å². The summed E-state index contributed by atoms with van der Waals surface area (Å²) >= 11 is 0. The van der Waals surface area contributed by atoms with E-state index in [9.17, 15) is 14.4 Å². The summed E-state index contributed by atoms with van der Waals surface area (Å²) in [5, 5.41) is 2.91. The first-order valence-electron chi connectivity index (χ1n) is 9.93. The second kappa shape index (κ2) is 8.55. The molecule has 0 saturated carbocycles. The molecule has 0 radical (unpaired) electrons. The van der Waals surface area contributed by atoms with Gasteiger partial charge in [-0.15, -0.1) is 0 Å². The Morgan fingerprint density at radius 2 is 1.89 bits per heavy atom. The van der Waals surface area contributed by atoms with Gasteiger partial charge in [0.05, 0.1) is 0 Å². The highest BCUT2D eigenvalue weighted by atomic mass is 16.2. The monoisotopic (exact) mass is 371 g/mol. The van der Waals surface area contributed by atoms with Crippen molar-refractivity contribution in [2.45, 2.75) is 58.5 Å². The van der Waals surface area contributed by atoms with Crippen molar-refractivity contribution >= 4 is 17.8 Å². The summed E-state index contributed by atoms with van der Waals surface area (Å²) in [4.78, 5) is 40.1. The number of nitrogens with one attached hydrogen (secondary N) is 1. The van der Waals surface area contributed by atoms with E-state index in [1.165, 1.54) is 4.90 Å². The Kier molecular flexibility index (Phi) is 6.14. The number of rotatable bonds is 8. The van der Waals surface area contributed by atoms with Crippen molar-refractivity contribution < 1.29 is 14.4 Å². The Morgan fingerprint density at radius 1 is 1.15 bits per heavy atom. The van der Waals surface area contributed by atoms with E-state index in [0.29, 0.717) is 38.4 Å². The second-order valence-electron chi connectivity index (χ2n) is 7.90. The van der Waals surface area contributed by atoms with Crippen LogP contribution >= 0.6 is 0 Å². The van der Waals surface area contributed by atoms with Crippen LogP contribution < -0.4 is 5.32 Å². The van der Waals surface area contributed by atoms with Gasteiger partial charge in [0.15, 0.2) is 0 Å². The van der Waals surface area contributed by atoms with Gasteiger partial charge in [-0.05, 0) is 29.9 Å². The van der Waals surface area contributed by atoms with Crippen molar-refractivity contribution in [2.75, 3.05) is 13.1 Å². The van der Waals surface area contributed by atoms with E-state index in [-0.39, 0.29) is 23.9 Å². The number of carbonyl (C=O) groups excluding carboxylic acids is 3. The predicted octanol–water partition coefficient (Wildman–Crippen LogP) is 2.71.